The number of likely N-dealkylation sites (N-methyl/N-ethyl adjacent to an activating group) is 1. The van der Waals surface area contributed by atoms with E-state index < -0.39 is 0 Å². The Morgan fingerprint density at radius 3 is 2.71 bits per heavy atom. The van der Waals surface area contributed by atoms with Gasteiger partial charge in [0, 0.05) is 29.6 Å². The molecule has 0 bridgehead atoms. The molecule has 0 radical (unpaired) electrons. The zero-order valence-electron chi connectivity index (χ0n) is 17.8. The molecule has 160 valence electrons. The molecule has 1 heterocycles. The first-order valence-corrected chi connectivity index (χ1v) is 10.5. The van der Waals surface area contributed by atoms with Gasteiger partial charge in [0.25, 0.3) is 11.8 Å². The van der Waals surface area contributed by atoms with E-state index in [1.54, 1.807) is 24.3 Å². The zero-order valence-corrected chi connectivity index (χ0v) is 17.8. The molecule has 3 aromatic rings. The Labute approximate surface area is 181 Å². The summed E-state index contributed by atoms with van der Waals surface area (Å²) in [5, 5.41) is 10.3. The monoisotopic (exact) mass is 418 g/mol. The van der Waals surface area contributed by atoms with Crippen molar-refractivity contribution < 1.29 is 14.3 Å². The highest BCUT2D eigenvalue weighted by molar-refractivity contribution is 6.04. The summed E-state index contributed by atoms with van der Waals surface area (Å²) in [7, 11) is 0. The first-order valence-electron chi connectivity index (χ1n) is 10.5. The molecular weight excluding hydrogens is 392 g/mol. The van der Waals surface area contributed by atoms with E-state index in [-0.39, 0.29) is 18.4 Å². The van der Waals surface area contributed by atoms with Crippen LogP contribution in [0.4, 0.5) is 5.69 Å². The van der Waals surface area contributed by atoms with Gasteiger partial charge in [0.2, 0.25) is 0 Å². The summed E-state index contributed by atoms with van der Waals surface area (Å²) >= 11 is 0. The third-order valence-corrected chi connectivity index (χ3v) is 5.26. The molecule has 0 atom stereocenters. The van der Waals surface area contributed by atoms with Gasteiger partial charge < -0.3 is 15.4 Å². The number of hydrogen-bond donors (Lipinski definition) is 2. The molecule has 4 rings (SSSR count). The molecule has 0 aliphatic heterocycles. The summed E-state index contributed by atoms with van der Waals surface area (Å²) in [5.74, 6) is 0.0819. The number of anilines is 1. The number of nitrogens with one attached hydrogen (secondary N) is 2. The number of carbonyl (C=O) groups is 2. The Morgan fingerprint density at radius 1 is 1.13 bits per heavy atom. The molecule has 2 amide bonds. The van der Waals surface area contributed by atoms with Crippen LogP contribution < -0.4 is 15.4 Å². The number of ether oxygens (including phenoxy) is 1. The van der Waals surface area contributed by atoms with Crippen molar-refractivity contribution >= 4 is 17.5 Å². The Kier molecular flexibility index (Phi) is 6.02. The van der Waals surface area contributed by atoms with Gasteiger partial charge in [-0.2, -0.15) is 5.10 Å². The summed E-state index contributed by atoms with van der Waals surface area (Å²) in [5.41, 5.74) is 5.31. The second-order valence-electron chi connectivity index (χ2n) is 7.60. The molecule has 2 aromatic carbocycles. The second-order valence-corrected chi connectivity index (χ2v) is 7.60. The molecule has 1 aliphatic carbocycles. The average molecular weight is 418 g/mol. The van der Waals surface area contributed by atoms with Crippen molar-refractivity contribution in [2.45, 2.75) is 33.1 Å². The lowest BCUT2D eigenvalue weighted by Crippen LogP contribution is -2.28. The number of carbonyl (C=O) groups excluding carboxylic acids is 2. The number of hydrogen-bond acceptors (Lipinski definition) is 4. The van der Waals surface area contributed by atoms with Crippen LogP contribution >= 0.6 is 0 Å². The second kappa shape index (κ2) is 9.04. The summed E-state index contributed by atoms with van der Waals surface area (Å²) in [6, 6.07) is 15.2. The fourth-order valence-electron chi connectivity index (χ4n) is 3.77. The maximum atomic E-state index is 13.0. The highest BCUT2D eigenvalue weighted by Crippen LogP contribution is 2.29. The molecular formula is C24H26N4O3. The van der Waals surface area contributed by atoms with Crippen LogP contribution in [0.15, 0.2) is 48.5 Å². The molecule has 2 N–H and O–H groups in total. The number of benzene rings is 2. The van der Waals surface area contributed by atoms with Crippen molar-refractivity contribution in [3.8, 4) is 11.4 Å². The van der Waals surface area contributed by atoms with E-state index in [1.807, 2.05) is 42.8 Å². The summed E-state index contributed by atoms with van der Waals surface area (Å²) in [4.78, 5) is 24.6. The van der Waals surface area contributed by atoms with Crippen LogP contribution in [-0.2, 0) is 17.6 Å². The Hall–Kier alpha value is -3.61. The van der Waals surface area contributed by atoms with Gasteiger partial charge in [0.05, 0.1) is 5.69 Å². The SMILES string of the molecule is CCNC(=O)COc1cccc(NC(=O)c2nn(-c3ccc(C)cc3)c3c2CCC3)c1. The third-order valence-electron chi connectivity index (χ3n) is 5.26. The van der Waals surface area contributed by atoms with Gasteiger partial charge in [-0.05, 0) is 57.4 Å². The van der Waals surface area contributed by atoms with Gasteiger partial charge in [0.15, 0.2) is 12.3 Å². The molecule has 7 nitrogen and oxygen atoms in total. The van der Waals surface area contributed by atoms with Crippen LogP contribution in [0.2, 0.25) is 0 Å². The first-order chi connectivity index (χ1) is 15.0. The standard InChI is InChI=1S/C24H26N4O3/c1-3-25-22(29)15-31-19-7-4-6-17(14-19)26-24(30)23-20-8-5-9-21(20)28(27-23)18-12-10-16(2)11-13-18/h4,6-7,10-14H,3,5,8-9,15H2,1-2H3,(H,25,29)(H,26,30). The maximum absolute atomic E-state index is 13.0. The average Bonchev–Trinajstić information content (AvgIpc) is 3.36. The Bertz CT molecular complexity index is 1100. The molecule has 0 unspecified atom stereocenters. The molecule has 31 heavy (non-hydrogen) atoms. The number of aryl methyl sites for hydroxylation is 1. The van der Waals surface area contributed by atoms with E-state index in [2.05, 4.69) is 15.7 Å². The smallest absolute Gasteiger partial charge is 0.276 e. The fraction of sp³-hybridized carbons (Fsp3) is 0.292. The van der Waals surface area contributed by atoms with Crippen LogP contribution in [0.25, 0.3) is 5.69 Å². The van der Waals surface area contributed by atoms with Crippen LogP contribution in [-0.4, -0.2) is 34.7 Å². The van der Waals surface area contributed by atoms with Crippen molar-refractivity contribution in [2.24, 2.45) is 0 Å². The molecule has 1 aliphatic rings. The first kappa shape index (κ1) is 20.7. The van der Waals surface area contributed by atoms with Crippen LogP contribution in [0.3, 0.4) is 0 Å². The number of fused-ring (bicyclic) bond motifs is 1. The van der Waals surface area contributed by atoms with Gasteiger partial charge in [-0.15, -0.1) is 0 Å². The Morgan fingerprint density at radius 2 is 1.94 bits per heavy atom. The van der Waals surface area contributed by atoms with Gasteiger partial charge in [0.1, 0.15) is 5.75 Å². The van der Waals surface area contributed by atoms with Crippen molar-refractivity contribution in [3.63, 3.8) is 0 Å². The van der Waals surface area contributed by atoms with E-state index in [9.17, 15) is 9.59 Å². The molecule has 1 aromatic heterocycles. The molecule has 0 spiro atoms. The van der Waals surface area contributed by atoms with Crippen LogP contribution in [0.5, 0.6) is 5.75 Å². The summed E-state index contributed by atoms with van der Waals surface area (Å²) in [6.45, 7) is 4.38. The molecule has 0 saturated carbocycles. The van der Waals surface area contributed by atoms with Crippen molar-refractivity contribution in [1.82, 2.24) is 15.1 Å². The van der Waals surface area contributed by atoms with Crippen LogP contribution in [0, 0.1) is 6.92 Å². The summed E-state index contributed by atoms with van der Waals surface area (Å²) in [6.07, 6.45) is 2.77. The van der Waals surface area contributed by atoms with Crippen molar-refractivity contribution in [1.29, 1.82) is 0 Å². The van der Waals surface area contributed by atoms with Crippen molar-refractivity contribution in [3.05, 3.63) is 71.0 Å². The fourth-order valence-corrected chi connectivity index (χ4v) is 3.77. The normalized spacial score (nSPS) is 12.3. The number of aromatic nitrogens is 2. The molecule has 0 fully saturated rings. The lowest BCUT2D eigenvalue weighted by molar-refractivity contribution is -0.122. The van der Waals surface area contributed by atoms with E-state index in [1.165, 1.54) is 5.56 Å². The number of rotatable bonds is 7. The summed E-state index contributed by atoms with van der Waals surface area (Å²) < 4.78 is 7.40. The van der Waals surface area contributed by atoms with E-state index in [0.717, 1.165) is 36.2 Å². The minimum absolute atomic E-state index is 0.0697. The minimum atomic E-state index is -0.245. The van der Waals surface area contributed by atoms with Crippen LogP contribution in [0.1, 0.15) is 40.7 Å². The lowest BCUT2D eigenvalue weighted by Gasteiger charge is -2.09. The number of amides is 2. The van der Waals surface area contributed by atoms with Gasteiger partial charge in [-0.1, -0.05) is 23.8 Å². The van der Waals surface area contributed by atoms with E-state index in [0.29, 0.717) is 23.7 Å². The Balaban J connectivity index is 1.52. The zero-order chi connectivity index (χ0) is 21.8. The predicted molar refractivity (Wildman–Crippen MR) is 119 cm³/mol. The predicted octanol–water partition coefficient (Wildman–Crippen LogP) is 3.44. The van der Waals surface area contributed by atoms with Gasteiger partial charge >= 0.3 is 0 Å². The van der Waals surface area contributed by atoms with Gasteiger partial charge in [-0.3, -0.25) is 9.59 Å². The molecule has 7 heteroatoms. The number of nitrogens with zero attached hydrogens (tertiary/aromatic N) is 2. The topological polar surface area (TPSA) is 85.2 Å². The molecule has 0 saturated heterocycles. The quantitative estimate of drug-likeness (QED) is 0.616. The largest absolute Gasteiger partial charge is 0.484 e. The van der Waals surface area contributed by atoms with Crippen molar-refractivity contribution in [2.75, 3.05) is 18.5 Å². The minimum Gasteiger partial charge on any atom is -0.484 e. The van der Waals surface area contributed by atoms with Gasteiger partial charge in [-0.25, -0.2) is 4.68 Å². The van der Waals surface area contributed by atoms with E-state index >= 15 is 0 Å². The van der Waals surface area contributed by atoms with E-state index in [4.69, 9.17) is 4.74 Å². The maximum Gasteiger partial charge on any atom is 0.276 e. The lowest BCUT2D eigenvalue weighted by atomic mass is 10.2. The highest BCUT2D eigenvalue weighted by atomic mass is 16.5. The highest BCUT2D eigenvalue weighted by Gasteiger charge is 2.27. The third kappa shape index (κ3) is 4.60.